The number of aromatic amines is 1. The number of hydrogen-bond acceptors (Lipinski definition) is 1. The summed E-state index contributed by atoms with van der Waals surface area (Å²) in [6.45, 7) is 11.5. The van der Waals surface area contributed by atoms with Crippen LogP contribution >= 0.6 is 0 Å². The summed E-state index contributed by atoms with van der Waals surface area (Å²) in [5.74, 6) is -0.940. The fourth-order valence-electron chi connectivity index (χ4n) is 3.86. The van der Waals surface area contributed by atoms with Crippen LogP contribution in [0.2, 0.25) is 0 Å². The van der Waals surface area contributed by atoms with Gasteiger partial charge in [0.2, 0.25) is 0 Å². The molecular formula is C22H27NO2. The molecule has 1 aliphatic carbocycles. The number of nitrogens with one attached hydrogen (secondary N) is 1. The average molecular weight is 337 g/mol. The van der Waals surface area contributed by atoms with Crippen molar-refractivity contribution in [2.45, 2.75) is 58.3 Å². The lowest BCUT2D eigenvalue weighted by atomic mass is 9.62. The Morgan fingerprint density at radius 3 is 2.28 bits per heavy atom. The molecule has 1 heterocycles. The van der Waals surface area contributed by atoms with E-state index in [1.165, 1.54) is 35.1 Å². The van der Waals surface area contributed by atoms with Crippen LogP contribution in [0.1, 0.15) is 62.9 Å². The van der Waals surface area contributed by atoms with Gasteiger partial charge in [-0.2, -0.15) is 0 Å². The van der Waals surface area contributed by atoms with E-state index >= 15 is 0 Å². The lowest BCUT2D eigenvalue weighted by Gasteiger charge is -2.42. The molecule has 0 saturated carbocycles. The maximum atomic E-state index is 10.7. The molecule has 0 fully saturated rings. The van der Waals surface area contributed by atoms with Gasteiger partial charge in [-0.05, 0) is 76.6 Å². The van der Waals surface area contributed by atoms with Crippen molar-refractivity contribution in [1.82, 2.24) is 4.98 Å². The van der Waals surface area contributed by atoms with Crippen molar-refractivity contribution in [3.8, 4) is 11.1 Å². The van der Waals surface area contributed by atoms with Gasteiger partial charge in [-0.15, -0.1) is 0 Å². The number of aromatic nitrogens is 1. The van der Waals surface area contributed by atoms with Crippen LogP contribution < -0.4 is 0 Å². The zero-order valence-corrected chi connectivity index (χ0v) is 15.7. The highest BCUT2D eigenvalue weighted by Gasteiger charge is 2.37. The van der Waals surface area contributed by atoms with E-state index in [1.807, 2.05) is 12.3 Å². The molecule has 3 heteroatoms. The van der Waals surface area contributed by atoms with Crippen LogP contribution in [0.4, 0.5) is 0 Å². The molecule has 3 rings (SSSR count). The maximum absolute atomic E-state index is 10.7. The molecule has 132 valence electrons. The van der Waals surface area contributed by atoms with E-state index in [2.05, 4.69) is 51.7 Å². The predicted octanol–water partition coefficient (Wildman–Crippen LogP) is 5.44. The second-order valence-electron chi connectivity index (χ2n) is 8.50. The van der Waals surface area contributed by atoms with Gasteiger partial charge in [0.05, 0.1) is 0 Å². The Morgan fingerprint density at radius 1 is 1.08 bits per heavy atom. The van der Waals surface area contributed by atoms with Crippen molar-refractivity contribution in [2.24, 2.45) is 0 Å². The van der Waals surface area contributed by atoms with Crippen LogP contribution in [0, 0.1) is 6.92 Å². The third-order valence-corrected chi connectivity index (χ3v) is 5.62. The molecular weight excluding hydrogens is 310 g/mol. The molecule has 1 aromatic carbocycles. The number of aliphatic carboxylic acids is 1. The van der Waals surface area contributed by atoms with Crippen LogP contribution in [-0.4, -0.2) is 16.1 Å². The average Bonchev–Trinajstić information content (AvgIpc) is 2.98. The summed E-state index contributed by atoms with van der Waals surface area (Å²) in [4.78, 5) is 13.8. The van der Waals surface area contributed by atoms with Crippen LogP contribution in [0.5, 0.6) is 0 Å². The number of rotatable bonds is 3. The highest BCUT2D eigenvalue weighted by Crippen LogP contribution is 2.47. The van der Waals surface area contributed by atoms with Crippen molar-refractivity contribution in [2.75, 3.05) is 0 Å². The molecule has 0 spiro atoms. The van der Waals surface area contributed by atoms with E-state index < -0.39 is 5.97 Å². The van der Waals surface area contributed by atoms with Gasteiger partial charge in [0.25, 0.3) is 0 Å². The number of fused-ring (bicyclic) bond motifs is 1. The predicted molar refractivity (Wildman–Crippen MR) is 103 cm³/mol. The summed E-state index contributed by atoms with van der Waals surface area (Å²) in [5, 5.41) is 8.78. The molecule has 0 aliphatic heterocycles. The van der Waals surface area contributed by atoms with Gasteiger partial charge in [-0.3, -0.25) is 0 Å². The van der Waals surface area contributed by atoms with Gasteiger partial charge in [0.1, 0.15) is 0 Å². The molecule has 0 unspecified atom stereocenters. The third kappa shape index (κ3) is 3.28. The first-order chi connectivity index (χ1) is 11.6. The molecule has 1 aromatic heterocycles. The van der Waals surface area contributed by atoms with E-state index in [0.717, 1.165) is 17.3 Å². The molecule has 2 N–H and O–H groups in total. The molecule has 0 amide bonds. The quantitative estimate of drug-likeness (QED) is 0.733. The number of benzene rings is 1. The number of H-pyrrole nitrogens is 1. The molecule has 0 atom stereocenters. The fraction of sp³-hybridized carbons (Fsp3) is 0.409. The zero-order chi connectivity index (χ0) is 18.4. The Labute approximate surface area is 149 Å². The fourth-order valence-corrected chi connectivity index (χ4v) is 3.86. The van der Waals surface area contributed by atoms with E-state index in [0.29, 0.717) is 0 Å². The largest absolute Gasteiger partial charge is 0.478 e. The molecule has 25 heavy (non-hydrogen) atoms. The van der Waals surface area contributed by atoms with Gasteiger partial charge < -0.3 is 10.1 Å². The van der Waals surface area contributed by atoms with Gasteiger partial charge in [0, 0.05) is 18.0 Å². The summed E-state index contributed by atoms with van der Waals surface area (Å²) in [5.41, 5.74) is 7.67. The first-order valence-electron chi connectivity index (χ1n) is 8.85. The summed E-state index contributed by atoms with van der Waals surface area (Å²) in [7, 11) is 0. The van der Waals surface area contributed by atoms with E-state index in [4.69, 9.17) is 5.11 Å². The number of carboxylic acids is 1. The van der Waals surface area contributed by atoms with Crippen LogP contribution in [-0.2, 0) is 15.6 Å². The van der Waals surface area contributed by atoms with Crippen molar-refractivity contribution in [3.63, 3.8) is 0 Å². The van der Waals surface area contributed by atoms with Crippen LogP contribution in [0.3, 0.4) is 0 Å². The van der Waals surface area contributed by atoms with Crippen molar-refractivity contribution >= 4 is 12.0 Å². The van der Waals surface area contributed by atoms with E-state index in [-0.39, 0.29) is 10.8 Å². The monoisotopic (exact) mass is 337 g/mol. The highest BCUT2D eigenvalue weighted by atomic mass is 16.4. The topological polar surface area (TPSA) is 53.1 Å². The standard InChI is InChI=1S/C22H27NO2/c1-14-10-18-19(22(4,5)9-8-21(18,2)3)12-17(14)15-11-16(23-13-15)6-7-20(24)25/h6-7,10-13,23H,8-9H2,1-5H3,(H,24,25). The Hall–Kier alpha value is -2.29. The summed E-state index contributed by atoms with van der Waals surface area (Å²) in [6, 6.07) is 6.71. The SMILES string of the molecule is Cc1cc2c(cc1-c1c[nH]c(C=CC(=O)O)c1)C(C)(C)CCC2(C)C. The second-order valence-corrected chi connectivity index (χ2v) is 8.50. The Kier molecular flexibility index (Phi) is 4.14. The Morgan fingerprint density at radius 2 is 1.68 bits per heavy atom. The van der Waals surface area contributed by atoms with Crippen molar-refractivity contribution in [3.05, 3.63) is 52.9 Å². The van der Waals surface area contributed by atoms with Gasteiger partial charge in [0.15, 0.2) is 0 Å². The van der Waals surface area contributed by atoms with Gasteiger partial charge >= 0.3 is 5.97 Å². The molecule has 0 radical (unpaired) electrons. The van der Waals surface area contributed by atoms with E-state index in [1.54, 1.807) is 6.08 Å². The van der Waals surface area contributed by atoms with Crippen molar-refractivity contribution in [1.29, 1.82) is 0 Å². The van der Waals surface area contributed by atoms with Crippen LogP contribution in [0.25, 0.3) is 17.2 Å². The first-order valence-corrected chi connectivity index (χ1v) is 8.85. The minimum atomic E-state index is -0.940. The van der Waals surface area contributed by atoms with Gasteiger partial charge in [-0.1, -0.05) is 33.8 Å². The number of hydrogen-bond donors (Lipinski definition) is 2. The number of carboxylic acid groups (broad SMARTS) is 1. The lowest BCUT2D eigenvalue weighted by Crippen LogP contribution is -2.34. The smallest absolute Gasteiger partial charge is 0.328 e. The minimum absolute atomic E-state index is 0.176. The molecule has 0 bridgehead atoms. The summed E-state index contributed by atoms with van der Waals surface area (Å²) >= 11 is 0. The maximum Gasteiger partial charge on any atom is 0.328 e. The Balaban J connectivity index is 2.09. The normalized spacial score (nSPS) is 18.3. The van der Waals surface area contributed by atoms with E-state index in [9.17, 15) is 4.79 Å². The minimum Gasteiger partial charge on any atom is -0.478 e. The highest BCUT2D eigenvalue weighted by molar-refractivity contribution is 5.85. The lowest BCUT2D eigenvalue weighted by molar-refractivity contribution is -0.131. The summed E-state index contributed by atoms with van der Waals surface area (Å²) < 4.78 is 0. The first kappa shape index (κ1) is 17.5. The number of aryl methyl sites for hydroxylation is 1. The zero-order valence-electron chi connectivity index (χ0n) is 15.7. The second kappa shape index (κ2) is 5.91. The molecule has 2 aromatic rings. The Bertz CT molecular complexity index is 853. The number of carbonyl (C=O) groups is 1. The van der Waals surface area contributed by atoms with Crippen molar-refractivity contribution < 1.29 is 9.90 Å². The molecule has 3 nitrogen and oxygen atoms in total. The molecule has 0 saturated heterocycles. The van der Waals surface area contributed by atoms with Crippen LogP contribution in [0.15, 0.2) is 30.5 Å². The molecule has 1 aliphatic rings. The van der Waals surface area contributed by atoms with Gasteiger partial charge in [-0.25, -0.2) is 4.79 Å². The summed E-state index contributed by atoms with van der Waals surface area (Å²) in [6.07, 6.45) is 7.10. The third-order valence-electron chi connectivity index (χ3n) is 5.62.